The molecule has 2 atom stereocenters. The summed E-state index contributed by atoms with van der Waals surface area (Å²) in [5, 5.41) is 15.6. The molecule has 2 aliphatic rings. The smallest absolute Gasteiger partial charge is 0.191 e. The molecule has 3 N–H and O–H groups in total. The van der Waals surface area contributed by atoms with Crippen LogP contribution >= 0.6 is 0 Å². The zero-order valence-electron chi connectivity index (χ0n) is 19.8. The Morgan fingerprint density at radius 1 is 1.22 bits per heavy atom. The number of aromatic nitrogens is 2. The zero-order valence-corrected chi connectivity index (χ0v) is 19.8. The summed E-state index contributed by atoms with van der Waals surface area (Å²) in [6.07, 6.45) is 11.3. The number of hydrogen-bond donors (Lipinski definition) is 3. The van der Waals surface area contributed by atoms with E-state index in [1.165, 1.54) is 43.4 Å². The molecule has 7 heteroatoms. The van der Waals surface area contributed by atoms with Crippen molar-refractivity contribution >= 4 is 11.6 Å². The third-order valence-corrected chi connectivity index (χ3v) is 7.02. The number of guanidine groups is 1. The highest BCUT2D eigenvalue weighted by atomic mass is 15.3. The lowest BCUT2D eigenvalue weighted by molar-refractivity contribution is 0.296. The molecule has 2 heterocycles. The first-order valence-corrected chi connectivity index (χ1v) is 12.1. The molecule has 0 amide bonds. The van der Waals surface area contributed by atoms with Gasteiger partial charge < -0.3 is 20.9 Å². The Hall–Kier alpha value is -2.54. The molecular weight excluding hydrogens is 398 g/mol. The molecule has 0 spiro atoms. The van der Waals surface area contributed by atoms with Gasteiger partial charge in [0.2, 0.25) is 0 Å². The van der Waals surface area contributed by atoms with E-state index in [1.54, 1.807) is 0 Å². The summed E-state index contributed by atoms with van der Waals surface area (Å²) in [6, 6.07) is 11.5. The van der Waals surface area contributed by atoms with E-state index in [2.05, 4.69) is 74.4 Å². The number of nitrogens with one attached hydrogen (secondary N) is 3. The summed E-state index contributed by atoms with van der Waals surface area (Å²) in [5.74, 6) is 0.906. The number of piperidine rings is 1. The number of hydrogen-bond acceptors (Lipinski definition) is 4. The molecule has 1 aromatic heterocycles. The minimum atomic E-state index is 0.112. The number of benzene rings is 1. The van der Waals surface area contributed by atoms with E-state index in [0.29, 0.717) is 12.1 Å². The predicted molar refractivity (Wildman–Crippen MR) is 132 cm³/mol. The topological polar surface area (TPSA) is 69.5 Å². The van der Waals surface area contributed by atoms with Gasteiger partial charge in [-0.05, 0) is 38.2 Å². The minimum Gasteiger partial charge on any atom is -0.367 e. The van der Waals surface area contributed by atoms with Gasteiger partial charge in [0.05, 0.1) is 11.9 Å². The van der Waals surface area contributed by atoms with E-state index in [9.17, 15) is 0 Å². The fourth-order valence-electron chi connectivity index (χ4n) is 5.25. The number of anilines is 1. The Labute approximate surface area is 192 Å². The van der Waals surface area contributed by atoms with Crippen molar-refractivity contribution in [1.82, 2.24) is 25.7 Å². The van der Waals surface area contributed by atoms with Crippen molar-refractivity contribution in [3.05, 3.63) is 48.3 Å². The average Bonchev–Trinajstić information content (AvgIpc) is 3.47. The lowest BCUT2D eigenvalue weighted by Gasteiger charge is -2.37. The Bertz CT molecular complexity index is 869. The Kier molecular flexibility index (Phi) is 7.35. The summed E-state index contributed by atoms with van der Waals surface area (Å²) in [6.45, 7) is 5.22. The highest BCUT2D eigenvalue weighted by molar-refractivity contribution is 5.80. The van der Waals surface area contributed by atoms with Gasteiger partial charge in [-0.25, -0.2) is 0 Å². The fourth-order valence-corrected chi connectivity index (χ4v) is 5.25. The van der Waals surface area contributed by atoms with E-state index in [4.69, 9.17) is 0 Å². The van der Waals surface area contributed by atoms with Gasteiger partial charge in [-0.3, -0.25) is 9.67 Å². The summed E-state index contributed by atoms with van der Waals surface area (Å²) < 4.78 is 1.87. The minimum absolute atomic E-state index is 0.112. The van der Waals surface area contributed by atoms with E-state index < -0.39 is 0 Å². The van der Waals surface area contributed by atoms with Gasteiger partial charge in [-0.15, -0.1) is 0 Å². The first kappa shape index (κ1) is 22.6. The molecule has 1 saturated heterocycles. The van der Waals surface area contributed by atoms with Crippen LogP contribution in [0.15, 0.2) is 47.7 Å². The van der Waals surface area contributed by atoms with Crippen molar-refractivity contribution < 1.29 is 0 Å². The van der Waals surface area contributed by atoms with Crippen LogP contribution in [0.1, 0.15) is 57.1 Å². The second kappa shape index (κ2) is 10.4. The molecule has 1 aromatic carbocycles. The van der Waals surface area contributed by atoms with Crippen LogP contribution in [0.2, 0.25) is 0 Å². The lowest BCUT2D eigenvalue weighted by atomic mass is 9.94. The fraction of sp³-hybridized carbons (Fsp3) is 0.600. The molecule has 0 radical (unpaired) electrons. The molecule has 1 saturated carbocycles. The summed E-state index contributed by atoms with van der Waals surface area (Å²) >= 11 is 0. The molecule has 2 aromatic rings. The zero-order chi connectivity index (χ0) is 22.4. The quantitative estimate of drug-likeness (QED) is 0.458. The van der Waals surface area contributed by atoms with Gasteiger partial charge in [-0.1, -0.05) is 43.2 Å². The maximum absolute atomic E-state index is 4.55. The molecule has 0 bridgehead atoms. The summed E-state index contributed by atoms with van der Waals surface area (Å²) in [4.78, 5) is 6.96. The lowest BCUT2D eigenvalue weighted by Crippen LogP contribution is -2.56. The van der Waals surface area contributed by atoms with Crippen molar-refractivity contribution in [1.29, 1.82) is 0 Å². The van der Waals surface area contributed by atoms with Crippen LogP contribution in [-0.2, 0) is 7.05 Å². The van der Waals surface area contributed by atoms with Crippen LogP contribution in [0.4, 0.5) is 5.69 Å². The monoisotopic (exact) mass is 437 g/mol. The summed E-state index contributed by atoms with van der Waals surface area (Å²) in [5.41, 5.74) is 2.66. The molecule has 174 valence electrons. The molecule has 32 heavy (non-hydrogen) atoms. The van der Waals surface area contributed by atoms with Gasteiger partial charge in [0.1, 0.15) is 0 Å². The Morgan fingerprint density at radius 3 is 2.69 bits per heavy atom. The van der Waals surface area contributed by atoms with E-state index in [1.807, 2.05) is 25.0 Å². The van der Waals surface area contributed by atoms with Crippen molar-refractivity contribution in [2.45, 2.75) is 63.1 Å². The number of rotatable bonds is 7. The second-order valence-corrected chi connectivity index (χ2v) is 9.49. The molecule has 2 fully saturated rings. The van der Waals surface area contributed by atoms with Crippen LogP contribution in [-0.4, -0.2) is 54.0 Å². The van der Waals surface area contributed by atoms with E-state index in [-0.39, 0.29) is 5.54 Å². The predicted octanol–water partition coefficient (Wildman–Crippen LogP) is 3.22. The van der Waals surface area contributed by atoms with Crippen LogP contribution in [0, 0.1) is 0 Å². The molecular formula is C25H39N7. The van der Waals surface area contributed by atoms with Crippen LogP contribution in [0.5, 0.6) is 0 Å². The average molecular weight is 438 g/mol. The SMILES string of the molecule is CN=C(NCC1(NC(C)c2ccccc2)CCCC1)NC1CCCN(c2cnn(C)c2)C1. The summed E-state index contributed by atoms with van der Waals surface area (Å²) in [7, 11) is 3.85. The van der Waals surface area contributed by atoms with E-state index >= 15 is 0 Å². The van der Waals surface area contributed by atoms with Gasteiger partial charge in [0.25, 0.3) is 0 Å². The first-order chi connectivity index (χ1) is 15.6. The molecule has 7 nitrogen and oxygen atoms in total. The Balaban J connectivity index is 1.33. The maximum atomic E-state index is 4.55. The highest BCUT2D eigenvalue weighted by Gasteiger charge is 2.35. The van der Waals surface area contributed by atoms with Crippen molar-refractivity contribution in [2.24, 2.45) is 12.0 Å². The Morgan fingerprint density at radius 2 is 2.00 bits per heavy atom. The van der Waals surface area contributed by atoms with Gasteiger partial charge in [-0.2, -0.15) is 5.10 Å². The van der Waals surface area contributed by atoms with Crippen molar-refractivity contribution in [3.63, 3.8) is 0 Å². The highest BCUT2D eigenvalue weighted by Crippen LogP contribution is 2.32. The number of nitrogens with zero attached hydrogens (tertiary/aromatic N) is 4. The van der Waals surface area contributed by atoms with Gasteiger partial charge in [0.15, 0.2) is 5.96 Å². The van der Waals surface area contributed by atoms with Crippen LogP contribution < -0.4 is 20.9 Å². The molecule has 4 rings (SSSR count). The molecule has 2 unspecified atom stereocenters. The van der Waals surface area contributed by atoms with E-state index in [0.717, 1.165) is 32.0 Å². The van der Waals surface area contributed by atoms with Crippen LogP contribution in [0.25, 0.3) is 0 Å². The third kappa shape index (κ3) is 5.63. The van der Waals surface area contributed by atoms with Crippen LogP contribution in [0.3, 0.4) is 0 Å². The number of aliphatic imine (C=N–C) groups is 1. The molecule has 1 aliphatic carbocycles. The normalized spacial score (nSPS) is 22.0. The van der Waals surface area contributed by atoms with Gasteiger partial charge in [0, 0.05) is 57.5 Å². The largest absolute Gasteiger partial charge is 0.367 e. The maximum Gasteiger partial charge on any atom is 0.191 e. The first-order valence-electron chi connectivity index (χ1n) is 12.1. The van der Waals surface area contributed by atoms with Gasteiger partial charge >= 0.3 is 0 Å². The third-order valence-electron chi connectivity index (χ3n) is 7.02. The molecule has 1 aliphatic heterocycles. The van der Waals surface area contributed by atoms with Crippen molar-refractivity contribution in [3.8, 4) is 0 Å². The second-order valence-electron chi connectivity index (χ2n) is 9.49. The number of aryl methyl sites for hydroxylation is 1. The van der Waals surface area contributed by atoms with Crippen molar-refractivity contribution in [2.75, 3.05) is 31.6 Å². The standard InChI is InChI=1S/C25H39N7/c1-20(21-10-5-4-6-11-21)30-25(13-7-8-14-25)19-27-24(26-2)29-22-12-9-15-32(17-22)23-16-28-31(3)18-23/h4-6,10-11,16,18,20,22,30H,7-9,12-15,17,19H2,1-3H3,(H2,26,27,29).